The fraction of sp³-hybridized carbons (Fsp3) is 0.357. The zero-order valence-electron chi connectivity index (χ0n) is 21.8. The summed E-state index contributed by atoms with van der Waals surface area (Å²) in [6.07, 6.45) is 2.91. The van der Waals surface area contributed by atoms with Crippen molar-refractivity contribution in [1.29, 1.82) is 0 Å². The summed E-state index contributed by atoms with van der Waals surface area (Å²) >= 11 is 0. The van der Waals surface area contributed by atoms with Crippen LogP contribution in [0.2, 0.25) is 0 Å². The van der Waals surface area contributed by atoms with Crippen LogP contribution in [-0.4, -0.2) is 58.2 Å². The molecule has 12 heteroatoms. The number of rotatable bonds is 12. The van der Waals surface area contributed by atoms with Gasteiger partial charge in [-0.3, -0.25) is 19.2 Å². The van der Waals surface area contributed by atoms with E-state index >= 15 is 0 Å². The molecule has 12 nitrogen and oxygen atoms in total. The number of aliphatic carboxylic acids is 2. The molecule has 1 saturated carbocycles. The molecule has 1 aliphatic carbocycles. The number of anilines is 1. The minimum atomic E-state index is -1.52. The molecule has 212 valence electrons. The lowest BCUT2D eigenvalue weighted by atomic mass is 9.78. The van der Waals surface area contributed by atoms with Crippen molar-refractivity contribution in [2.75, 3.05) is 5.32 Å². The fourth-order valence-electron chi connectivity index (χ4n) is 4.72. The molecular weight excluding hydrogens is 518 g/mol. The minimum Gasteiger partial charge on any atom is -0.481 e. The van der Waals surface area contributed by atoms with Gasteiger partial charge in [0, 0.05) is 23.9 Å². The SMILES string of the molecule is NN=Cc1ccc(NC(=O)C2CCCCC2C(=O)N[C@@H](CC(=O)O)C(=O)N[C@@H](Cc2ccccc2)C(=O)O)cc1. The van der Waals surface area contributed by atoms with Crippen LogP contribution in [-0.2, 0) is 30.4 Å². The van der Waals surface area contributed by atoms with Crippen molar-refractivity contribution in [3.05, 3.63) is 65.7 Å². The third-order valence-corrected chi connectivity index (χ3v) is 6.75. The number of carbonyl (C=O) groups is 5. The normalized spacial score (nSPS) is 18.3. The standard InChI is InChI=1S/C28H33N5O7/c29-30-16-18-10-12-19(13-11-18)31-25(36)20-8-4-5-9-21(20)26(37)32-22(15-24(34)35)27(38)33-23(28(39)40)14-17-6-2-1-3-7-17/h1-3,6-7,10-13,16,20-23H,4-5,8-9,14-15,29H2,(H,31,36)(H,32,37)(H,33,38)(H,34,35)(H,39,40)/t20?,21?,22-,23-/m0/s1. The fourth-order valence-corrected chi connectivity index (χ4v) is 4.72. The Balaban J connectivity index is 1.69. The van der Waals surface area contributed by atoms with E-state index < -0.39 is 54.1 Å². The maximum absolute atomic E-state index is 13.3. The van der Waals surface area contributed by atoms with Crippen molar-refractivity contribution < 1.29 is 34.2 Å². The lowest BCUT2D eigenvalue weighted by Crippen LogP contribution is -2.54. The molecule has 0 saturated heterocycles. The molecule has 40 heavy (non-hydrogen) atoms. The Morgan fingerprint density at radius 2 is 1.50 bits per heavy atom. The van der Waals surface area contributed by atoms with Gasteiger partial charge in [-0.1, -0.05) is 55.3 Å². The Labute approximate surface area is 231 Å². The van der Waals surface area contributed by atoms with Gasteiger partial charge < -0.3 is 32.0 Å². The number of nitrogens with two attached hydrogens (primary N) is 1. The van der Waals surface area contributed by atoms with E-state index in [0.717, 1.165) is 12.0 Å². The van der Waals surface area contributed by atoms with Crippen molar-refractivity contribution in [1.82, 2.24) is 10.6 Å². The number of carboxylic acids is 2. The quantitative estimate of drug-likeness (QED) is 0.129. The number of nitrogens with one attached hydrogen (secondary N) is 3. The summed E-state index contributed by atoms with van der Waals surface area (Å²) in [6, 6.07) is 12.6. The van der Waals surface area contributed by atoms with E-state index in [-0.39, 0.29) is 12.3 Å². The molecule has 0 heterocycles. The number of hydrogen-bond acceptors (Lipinski definition) is 7. The van der Waals surface area contributed by atoms with Gasteiger partial charge in [0.25, 0.3) is 0 Å². The molecule has 2 aromatic rings. The van der Waals surface area contributed by atoms with Crippen LogP contribution in [0, 0.1) is 11.8 Å². The Hall–Kier alpha value is -4.74. The maximum atomic E-state index is 13.3. The summed E-state index contributed by atoms with van der Waals surface area (Å²) in [5.74, 6) is -0.927. The smallest absolute Gasteiger partial charge is 0.326 e. The zero-order chi connectivity index (χ0) is 29.1. The Morgan fingerprint density at radius 1 is 0.875 bits per heavy atom. The highest BCUT2D eigenvalue weighted by Crippen LogP contribution is 2.31. The van der Waals surface area contributed by atoms with Gasteiger partial charge in [-0.15, -0.1) is 0 Å². The van der Waals surface area contributed by atoms with Crippen LogP contribution < -0.4 is 21.8 Å². The van der Waals surface area contributed by atoms with E-state index in [9.17, 15) is 34.2 Å². The van der Waals surface area contributed by atoms with Crippen LogP contribution in [0.15, 0.2) is 59.7 Å². The molecule has 0 aromatic heterocycles. The predicted octanol–water partition coefficient (Wildman–Crippen LogP) is 1.50. The van der Waals surface area contributed by atoms with Gasteiger partial charge in [0.05, 0.1) is 12.6 Å². The molecule has 0 aliphatic heterocycles. The molecule has 0 spiro atoms. The van der Waals surface area contributed by atoms with Gasteiger partial charge in [-0.05, 0) is 36.1 Å². The van der Waals surface area contributed by atoms with Gasteiger partial charge in [-0.2, -0.15) is 5.10 Å². The predicted molar refractivity (Wildman–Crippen MR) is 146 cm³/mol. The molecule has 0 bridgehead atoms. The van der Waals surface area contributed by atoms with Crippen molar-refractivity contribution in [2.24, 2.45) is 22.8 Å². The molecule has 4 atom stereocenters. The summed E-state index contributed by atoms with van der Waals surface area (Å²) in [6.45, 7) is 0. The van der Waals surface area contributed by atoms with Crippen molar-refractivity contribution >= 4 is 41.6 Å². The van der Waals surface area contributed by atoms with Gasteiger partial charge >= 0.3 is 11.9 Å². The van der Waals surface area contributed by atoms with Gasteiger partial charge in [0.15, 0.2) is 0 Å². The van der Waals surface area contributed by atoms with Gasteiger partial charge in [0.2, 0.25) is 17.7 Å². The number of hydrazone groups is 1. The van der Waals surface area contributed by atoms with E-state index in [4.69, 9.17) is 5.84 Å². The average Bonchev–Trinajstić information content (AvgIpc) is 2.93. The zero-order valence-corrected chi connectivity index (χ0v) is 21.8. The topological polar surface area (TPSA) is 200 Å². The molecule has 2 unspecified atom stereocenters. The first-order chi connectivity index (χ1) is 19.2. The monoisotopic (exact) mass is 551 g/mol. The van der Waals surface area contributed by atoms with Crippen molar-refractivity contribution in [2.45, 2.75) is 50.6 Å². The lowest BCUT2D eigenvalue weighted by Gasteiger charge is -2.31. The first-order valence-corrected chi connectivity index (χ1v) is 12.9. The summed E-state index contributed by atoms with van der Waals surface area (Å²) in [5, 5.41) is 30.0. The van der Waals surface area contributed by atoms with Crippen LogP contribution in [0.5, 0.6) is 0 Å². The summed E-state index contributed by atoms with van der Waals surface area (Å²) in [7, 11) is 0. The third kappa shape index (κ3) is 8.65. The number of hydrogen-bond donors (Lipinski definition) is 6. The van der Waals surface area contributed by atoms with E-state index in [0.29, 0.717) is 30.5 Å². The van der Waals surface area contributed by atoms with Gasteiger partial charge in [0.1, 0.15) is 12.1 Å². The van der Waals surface area contributed by atoms with Crippen molar-refractivity contribution in [3.8, 4) is 0 Å². The van der Waals surface area contributed by atoms with E-state index in [1.807, 2.05) is 0 Å². The minimum absolute atomic E-state index is 0.0273. The third-order valence-electron chi connectivity index (χ3n) is 6.75. The molecule has 3 rings (SSSR count). The number of nitrogens with zero attached hydrogens (tertiary/aromatic N) is 1. The largest absolute Gasteiger partial charge is 0.481 e. The number of carboxylic acid groups (broad SMARTS) is 2. The second kappa shape index (κ2) is 14.4. The van der Waals surface area contributed by atoms with E-state index in [2.05, 4.69) is 21.1 Å². The van der Waals surface area contributed by atoms with Crippen LogP contribution in [0.25, 0.3) is 0 Å². The highest BCUT2D eigenvalue weighted by atomic mass is 16.4. The van der Waals surface area contributed by atoms with Crippen LogP contribution >= 0.6 is 0 Å². The highest BCUT2D eigenvalue weighted by molar-refractivity contribution is 5.98. The van der Waals surface area contributed by atoms with Crippen molar-refractivity contribution in [3.63, 3.8) is 0 Å². The first-order valence-electron chi connectivity index (χ1n) is 12.9. The molecule has 3 amide bonds. The second-order valence-corrected chi connectivity index (χ2v) is 9.64. The summed E-state index contributed by atoms with van der Waals surface area (Å²) < 4.78 is 0. The maximum Gasteiger partial charge on any atom is 0.326 e. The molecule has 1 fully saturated rings. The number of amides is 3. The number of benzene rings is 2. The Morgan fingerprint density at radius 3 is 2.08 bits per heavy atom. The summed E-state index contributed by atoms with van der Waals surface area (Å²) in [5.41, 5.74) is 1.92. The van der Waals surface area contributed by atoms with Crippen LogP contribution in [0.1, 0.15) is 43.2 Å². The first kappa shape index (κ1) is 29.8. The summed E-state index contributed by atoms with van der Waals surface area (Å²) in [4.78, 5) is 62.7. The van der Waals surface area contributed by atoms with Crippen LogP contribution in [0.4, 0.5) is 5.69 Å². The molecule has 1 aliphatic rings. The Bertz CT molecular complexity index is 1230. The highest BCUT2D eigenvalue weighted by Gasteiger charge is 2.38. The van der Waals surface area contributed by atoms with Crippen LogP contribution in [0.3, 0.4) is 0 Å². The van der Waals surface area contributed by atoms with E-state index in [1.54, 1.807) is 54.6 Å². The molecule has 7 N–H and O–H groups in total. The molecule has 2 aromatic carbocycles. The Kier molecular flexibility index (Phi) is 10.7. The number of carbonyl (C=O) groups excluding carboxylic acids is 3. The van der Waals surface area contributed by atoms with Gasteiger partial charge in [-0.25, -0.2) is 4.79 Å². The second-order valence-electron chi connectivity index (χ2n) is 9.64. The lowest BCUT2D eigenvalue weighted by molar-refractivity contribution is -0.144. The van der Waals surface area contributed by atoms with E-state index in [1.165, 1.54) is 6.21 Å². The molecule has 0 radical (unpaired) electrons. The average molecular weight is 552 g/mol. The molecular formula is C28H33N5O7.